The SMILES string of the molecule is CCC(NN)C(CC)(CC)OC. The van der Waals surface area contributed by atoms with Crippen molar-refractivity contribution in [1.82, 2.24) is 5.43 Å². The van der Waals surface area contributed by atoms with Gasteiger partial charge < -0.3 is 4.74 Å². The van der Waals surface area contributed by atoms with Gasteiger partial charge in [-0.15, -0.1) is 0 Å². The topological polar surface area (TPSA) is 47.3 Å². The van der Waals surface area contributed by atoms with E-state index >= 15 is 0 Å². The standard InChI is InChI=1S/C9H22N2O/c1-5-8(11-10)9(6-2,7-3)12-4/h8,11H,5-7,10H2,1-4H3. The van der Waals surface area contributed by atoms with Crippen LogP contribution in [0.1, 0.15) is 40.0 Å². The monoisotopic (exact) mass is 174 g/mol. The van der Waals surface area contributed by atoms with Crippen molar-refractivity contribution in [3.63, 3.8) is 0 Å². The van der Waals surface area contributed by atoms with Gasteiger partial charge >= 0.3 is 0 Å². The Labute approximate surface area is 75.6 Å². The van der Waals surface area contributed by atoms with Crippen molar-refractivity contribution >= 4 is 0 Å². The molecule has 3 nitrogen and oxygen atoms in total. The van der Waals surface area contributed by atoms with E-state index in [0.29, 0.717) is 0 Å². The zero-order chi connectivity index (χ0) is 9.61. The van der Waals surface area contributed by atoms with Gasteiger partial charge in [-0.05, 0) is 19.3 Å². The van der Waals surface area contributed by atoms with Crippen LogP contribution in [0.5, 0.6) is 0 Å². The van der Waals surface area contributed by atoms with E-state index in [1.807, 2.05) is 0 Å². The lowest BCUT2D eigenvalue weighted by molar-refractivity contribution is -0.0482. The maximum absolute atomic E-state index is 5.54. The summed E-state index contributed by atoms with van der Waals surface area (Å²) >= 11 is 0. The molecule has 3 heteroatoms. The Bertz CT molecular complexity index is 101. The molecule has 0 aliphatic rings. The fourth-order valence-corrected chi connectivity index (χ4v) is 1.82. The van der Waals surface area contributed by atoms with Crippen LogP contribution in [-0.4, -0.2) is 18.8 Å². The molecule has 1 unspecified atom stereocenters. The highest BCUT2D eigenvalue weighted by Crippen LogP contribution is 2.25. The van der Waals surface area contributed by atoms with Crippen molar-refractivity contribution in [1.29, 1.82) is 0 Å². The molecule has 0 saturated carbocycles. The summed E-state index contributed by atoms with van der Waals surface area (Å²) in [5.41, 5.74) is 2.73. The van der Waals surface area contributed by atoms with Crippen molar-refractivity contribution in [2.75, 3.05) is 7.11 Å². The number of nitrogens with one attached hydrogen (secondary N) is 1. The van der Waals surface area contributed by atoms with Crippen LogP contribution in [0, 0.1) is 0 Å². The summed E-state index contributed by atoms with van der Waals surface area (Å²) in [5.74, 6) is 5.47. The highest BCUT2D eigenvalue weighted by Gasteiger charge is 2.33. The number of hydrogen-bond donors (Lipinski definition) is 2. The molecule has 0 aliphatic heterocycles. The van der Waals surface area contributed by atoms with Gasteiger partial charge in [-0.2, -0.15) is 0 Å². The van der Waals surface area contributed by atoms with Crippen LogP contribution in [0.4, 0.5) is 0 Å². The molecule has 12 heavy (non-hydrogen) atoms. The molecule has 0 aliphatic carbocycles. The molecule has 0 saturated heterocycles. The van der Waals surface area contributed by atoms with Gasteiger partial charge in [0.25, 0.3) is 0 Å². The maximum Gasteiger partial charge on any atom is 0.0839 e. The summed E-state index contributed by atoms with van der Waals surface area (Å²) in [4.78, 5) is 0. The Morgan fingerprint density at radius 2 is 1.83 bits per heavy atom. The van der Waals surface area contributed by atoms with Crippen LogP contribution >= 0.6 is 0 Å². The van der Waals surface area contributed by atoms with E-state index in [0.717, 1.165) is 19.3 Å². The highest BCUT2D eigenvalue weighted by atomic mass is 16.5. The second-order valence-corrected chi connectivity index (χ2v) is 3.10. The molecule has 1 atom stereocenters. The van der Waals surface area contributed by atoms with Crippen LogP contribution in [0.15, 0.2) is 0 Å². The molecule has 0 bridgehead atoms. The Morgan fingerprint density at radius 1 is 1.33 bits per heavy atom. The van der Waals surface area contributed by atoms with Crippen LogP contribution in [0.3, 0.4) is 0 Å². The van der Waals surface area contributed by atoms with Crippen LogP contribution in [0.2, 0.25) is 0 Å². The first-order valence-electron chi connectivity index (χ1n) is 4.72. The number of ether oxygens (including phenoxy) is 1. The molecule has 0 radical (unpaired) electrons. The Kier molecular flexibility index (Phi) is 5.46. The van der Waals surface area contributed by atoms with Gasteiger partial charge in [0.2, 0.25) is 0 Å². The largest absolute Gasteiger partial charge is 0.377 e. The lowest BCUT2D eigenvalue weighted by Crippen LogP contribution is -2.53. The van der Waals surface area contributed by atoms with E-state index in [1.54, 1.807) is 7.11 Å². The van der Waals surface area contributed by atoms with Crippen molar-refractivity contribution in [3.05, 3.63) is 0 Å². The average Bonchev–Trinajstić information content (AvgIpc) is 2.14. The number of hydrazine groups is 1. The van der Waals surface area contributed by atoms with Gasteiger partial charge in [0.15, 0.2) is 0 Å². The van der Waals surface area contributed by atoms with Crippen LogP contribution in [-0.2, 0) is 4.74 Å². The van der Waals surface area contributed by atoms with Crippen molar-refractivity contribution in [2.45, 2.75) is 51.7 Å². The number of methoxy groups -OCH3 is 1. The third-order valence-corrected chi connectivity index (χ3v) is 2.85. The Hall–Kier alpha value is -0.120. The van der Waals surface area contributed by atoms with E-state index in [-0.39, 0.29) is 11.6 Å². The number of nitrogens with two attached hydrogens (primary N) is 1. The molecule has 0 rings (SSSR count). The molecular formula is C9H22N2O. The van der Waals surface area contributed by atoms with Gasteiger partial charge in [0, 0.05) is 13.2 Å². The summed E-state index contributed by atoms with van der Waals surface area (Å²) in [6.07, 6.45) is 2.97. The van der Waals surface area contributed by atoms with Gasteiger partial charge in [-0.1, -0.05) is 20.8 Å². The van der Waals surface area contributed by atoms with Crippen molar-refractivity contribution < 1.29 is 4.74 Å². The maximum atomic E-state index is 5.54. The number of hydrogen-bond acceptors (Lipinski definition) is 3. The smallest absolute Gasteiger partial charge is 0.0839 e. The summed E-state index contributed by atoms with van der Waals surface area (Å²) < 4.78 is 5.54. The minimum atomic E-state index is -0.0938. The molecule has 0 spiro atoms. The zero-order valence-corrected chi connectivity index (χ0v) is 8.68. The normalized spacial score (nSPS) is 14.8. The Morgan fingerprint density at radius 3 is 1.92 bits per heavy atom. The molecule has 0 heterocycles. The molecule has 0 amide bonds. The first-order valence-corrected chi connectivity index (χ1v) is 4.72. The summed E-state index contributed by atoms with van der Waals surface area (Å²) in [6, 6.07) is 0.248. The van der Waals surface area contributed by atoms with Gasteiger partial charge in [-0.3, -0.25) is 11.3 Å². The summed E-state index contributed by atoms with van der Waals surface area (Å²) in [7, 11) is 1.76. The quantitative estimate of drug-likeness (QED) is 0.473. The Balaban J connectivity index is 4.42. The number of rotatable bonds is 6. The summed E-state index contributed by atoms with van der Waals surface area (Å²) in [5, 5.41) is 0. The molecule has 0 aromatic heterocycles. The van der Waals surface area contributed by atoms with Crippen LogP contribution in [0.25, 0.3) is 0 Å². The first-order chi connectivity index (χ1) is 5.70. The second-order valence-electron chi connectivity index (χ2n) is 3.10. The minimum Gasteiger partial charge on any atom is -0.377 e. The predicted octanol–water partition coefficient (Wildman–Crippen LogP) is 1.43. The molecule has 0 fully saturated rings. The minimum absolute atomic E-state index is 0.0938. The molecule has 0 aromatic carbocycles. The fraction of sp³-hybridized carbons (Fsp3) is 1.00. The fourth-order valence-electron chi connectivity index (χ4n) is 1.82. The zero-order valence-electron chi connectivity index (χ0n) is 8.68. The molecular weight excluding hydrogens is 152 g/mol. The summed E-state index contributed by atoms with van der Waals surface area (Å²) in [6.45, 7) is 6.38. The van der Waals surface area contributed by atoms with E-state index < -0.39 is 0 Å². The van der Waals surface area contributed by atoms with Crippen molar-refractivity contribution in [3.8, 4) is 0 Å². The predicted molar refractivity (Wildman–Crippen MR) is 51.7 cm³/mol. The average molecular weight is 174 g/mol. The van der Waals surface area contributed by atoms with Gasteiger partial charge in [0.1, 0.15) is 0 Å². The highest BCUT2D eigenvalue weighted by molar-refractivity contribution is 4.89. The molecule has 0 aromatic rings. The molecule has 3 N–H and O–H groups in total. The lowest BCUT2D eigenvalue weighted by atomic mass is 9.87. The third kappa shape index (κ3) is 2.19. The van der Waals surface area contributed by atoms with Gasteiger partial charge in [-0.25, -0.2) is 0 Å². The van der Waals surface area contributed by atoms with E-state index in [1.165, 1.54) is 0 Å². The third-order valence-electron chi connectivity index (χ3n) is 2.85. The first kappa shape index (κ1) is 11.9. The van der Waals surface area contributed by atoms with Gasteiger partial charge in [0.05, 0.1) is 5.60 Å². The van der Waals surface area contributed by atoms with E-state index in [2.05, 4.69) is 26.2 Å². The second kappa shape index (κ2) is 5.51. The molecule has 74 valence electrons. The lowest BCUT2D eigenvalue weighted by Gasteiger charge is -2.37. The van der Waals surface area contributed by atoms with Crippen LogP contribution < -0.4 is 11.3 Å². The van der Waals surface area contributed by atoms with Crippen molar-refractivity contribution in [2.24, 2.45) is 5.84 Å². The van der Waals surface area contributed by atoms with E-state index in [4.69, 9.17) is 10.6 Å². The van der Waals surface area contributed by atoms with E-state index in [9.17, 15) is 0 Å².